The van der Waals surface area contributed by atoms with E-state index in [0.717, 1.165) is 32.6 Å². The highest BCUT2D eigenvalue weighted by Gasteiger charge is 2.36. The highest BCUT2D eigenvalue weighted by molar-refractivity contribution is 7.98. The van der Waals surface area contributed by atoms with Crippen LogP contribution in [0.25, 0.3) is 10.9 Å². The zero-order chi connectivity index (χ0) is 21.4. The van der Waals surface area contributed by atoms with Crippen molar-refractivity contribution in [2.75, 3.05) is 0 Å². The summed E-state index contributed by atoms with van der Waals surface area (Å²) in [6.07, 6.45) is 1.76. The zero-order valence-corrected chi connectivity index (χ0v) is 17.6. The Morgan fingerprint density at radius 2 is 1.97 bits per heavy atom. The van der Waals surface area contributed by atoms with Gasteiger partial charge in [0.15, 0.2) is 0 Å². The van der Waals surface area contributed by atoms with Gasteiger partial charge in [0, 0.05) is 22.2 Å². The second kappa shape index (κ2) is 7.82. The van der Waals surface area contributed by atoms with Crippen LogP contribution in [-0.4, -0.2) is 15.2 Å². The molecule has 1 aliphatic heterocycles. The summed E-state index contributed by atoms with van der Waals surface area (Å²) in [5.41, 5.74) is 11.3. The van der Waals surface area contributed by atoms with Gasteiger partial charge in [-0.2, -0.15) is 5.26 Å². The fourth-order valence-electron chi connectivity index (χ4n) is 3.89. The topological polar surface area (TPSA) is 101 Å². The quantitative estimate of drug-likeness (QED) is 0.457. The summed E-state index contributed by atoms with van der Waals surface area (Å²) in [6.45, 7) is 2.07. The van der Waals surface area contributed by atoms with Crippen LogP contribution in [0.15, 0.2) is 77.1 Å². The van der Waals surface area contributed by atoms with Crippen molar-refractivity contribution in [2.45, 2.75) is 23.5 Å². The van der Waals surface area contributed by atoms with Gasteiger partial charge >= 0.3 is 0 Å². The van der Waals surface area contributed by atoms with Crippen molar-refractivity contribution in [3.63, 3.8) is 0 Å². The molecule has 31 heavy (non-hydrogen) atoms. The number of benzene rings is 2. The second-order valence-electron chi connectivity index (χ2n) is 7.36. The number of para-hydroxylation sites is 1. The minimum Gasteiger partial charge on any atom is -0.420 e. The number of thioether (sulfide) groups is 1. The Balaban J connectivity index is 1.61. The number of rotatable bonds is 4. The molecule has 7 heteroatoms. The van der Waals surface area contributed by atoms with Crippen molar-refractivity contribution in [1.82, 2.24) is 15.2 Å². The minimum atomic E-state index is -0.381. The summed E-state index contributed by atoms with van der Waals surface area (Å²) in [5, 5.41) is 18.4. The minimum absolute atomic E-state index is 0.0881. The van der Waals surface area contributed by atoms with Gasteiger partial charge in [0.25, 0.3) is 0 Å². The van der Waals surface area contributed by atoms with Crippen LogP contribution in [0.5, 0.6) is 5.88 Å². The largest absolute Gasteiger partial charge is 0.420 e. The van der Waals surface area contributed by atoms with Crippen LogP contribution in [0.3, 0.4) is 0 Å². The Labute approximate surface area is 183 Å². The van der Waals surface area contributed by atoms with Crippen molar-refractivity contribution in [3.8, 4) is 11.9 Å². The summed E-state index contributed by atoms with van der Waals surface area (Å²) < 4.78 is 5.72. The number of pyridine rings is 1. The summed E-state index contributed by atoms with van der Waals surface area (Å²) in [6, 6.07) is 20.5. The van der Waals surface area contributed by atoms with Gasteiger partial charge in [-0.05, 0) is 36.8 Å². The van der Waals surface area contributed by atoms with E-state index in [9.17, 15) is 5.26 Å². The van der Waals surface area contributed by atoms with Crippen LogP contribution >= 0.6 is 11.8 Å². The molecule has 0 amide bonds. The number of nitrogens with two attached hydrogens (primary N) is 1. The molecule has 152 valence electrons. The smallest absolute Gasteiger partial charge is 0.244 e. The molecule has 6 nitrogen and oxygen atoms in total. The first-order chi connectivity index (χ1) is 15.2. The molecule has 2 aromatic heterocycles. The number of ether oxygens (including phenoxy) is 1. The third-order valence-electron chi connectivity index (χ3n) is 5.42. The maximum absolute atomic E-state index is 9.93. The maximum Gasteiger partial charge on any atom is 0.244 e. The molecule has 5 rings (SSSR count). The van der Waals surface area contributed by atoms with E-state index in [1.54, 1.807) is 18.0 Å². The monoisotopic (exact) mass is 425 g/mol. The molecule has 3 N–H and O–H groups in total. The fourth-order valence-corrected chi connectivity index (χ4v) is 4.75. The van der Waals surface area contributed by atoms with E-state index >= 15 is 0 Å². The summed E-state index contributed by atoms with van der Waals surface area (Å²) >= 11 is 1.70. The molecule has 0 spiro atoms. The molecule has 1 atom stereocenters. The van der Waals surface area contributed by atoms with Gasteiger partial charge in [0.2, 0.25) is 11.8 Å². The Kier molecular flexibility index (Phi) is 4.85. The Hall–Kier alpha value is -3.76. The number of nitrogens with one attached hydrogen (secondary N) is 1. The summed E-state index contributed by atoms with van der Waals surface area (Å²) in [4.78, 5) is 5.63. The molecule has 0 bridgehead atoms. The van der Waals surface area contributed by atoms with Gasteiger partial charge in [-0.3, -0.25) is 10.1 Å². The lowest BCUT2D eigenvalue weighted by Crippen LogP contribution is -2.21. The Morgan fingerprint density at radius 1 is 1.16 bits per heavy atom. The molecule has 0 fully saturated rings. The van der Waals surface area contributed by atoms with Crippen molar-refractivity contribution < 1.29 is 4.74 Å². The molecule has 0 unspecified atom stereocenters. The first-order valence-corrected chi connectivity index (χ1v) is 10.8. The number of allylic oxidation sites excluding steroid dienone is 1. The average molecular weight is 426 g/mol. The second-order valence-corrected chi connectivity index (χ2v) is 8.41. The normalized spacial score (nSPS) is 15.4. The van der Waals surface area contributed by atoms with E-state index in [-0.39, 0.29) is 11.8 Å². The van der Waals surface area contributed by atoms with Gasteiger partial charge < -0.3 is 10.5 Å². The molecule has 2 aromatic carbocycles. The van der Waals surface area contributed by atoms with E-state index in [1.807, 2.05) is 30.3 Å². The number of hydrogen-bond donors (Lipinski definition) is 2. The molecule has 0 aliphatic carbocycles. The van der Waals surface area contributed by atoms with Crippen LogP contribution in [0, 0.1) is 18.3 Å². The molecule has 0 radical (unpaired) electrons. The van der Waals surface area contributed by atoms with Gasteiger partial charge in [-0.1, -0.05) is 35.9 Å². The molecule has 0 saturated heterocycles. The SMILES string of the molecule is Cc1ccc(SCc2[nH]nc3c2[C@@H](c2ccnc4ccccc24)C(C#N)=C(N)O3)cc1. The van der Waals surface area contributed by atoms with Crippen LogP contribution < -0.4 is 10.5 Å². The van der Waals surface area contributed by atoms with E-state index in [2.05, 4.69) is 52.4 Å². The third-order valence-corrected chi connectivity index (χ3v) is 6.45. The van der Waals surface area contributed by atoms with Crippen molar-refractivity contribution >= 4 is 22.7 Å². The van der Waals surface area contributed by atoms with Crippen molar-refractivity contribution in [3.05, 3.63) is 94.6 Å². The highest BCUT2D eigenvalue weighted by atomic mass is 32.2. The van der Waals surface area contributed by atoms with E-state index in [1.165, 1.54) is 5.56 Å². The van der Waals surface area contributed by atoms with E-state index in [0.29, 0.717) is 17.2 Å². The number of nitrogens with zero attached hydrogens (tertiary/aromatic N) is 3. The molecular weight excluding hydrogens is 406 g/mol. The standard InChI is InChI=1S/C24H19N5OS/c1-14-6-8-15(9-7-14)31-13-20-22-21(18(12-25)23(26)30-24(22)29-28-20)17-10-11-27-19-5-3-2-4-16(17)19/h2-11,21H,13,26H2,1H3,(H,28,29)/t21-/m0/s1. The van der Waals surface area contributed by atoms with Crippen LogP contribution in [0.4, 0.5) is 0 Å². The van der Waals surface area contributed by atoms with Gasteiger partial charge in [-0.15, -0.1) is 16.9 Å². The van der Waals surface area contributed by atoms with Crippen LogP contribution in [-0.2, 0) is 5.75 Å². The highest BCUT2D eigenvalue weighted by Crippen LogP contribution is 2.45. The predicted octanol–water partition coefficient (Wildman–Crippen LogP) is 4.78. The van der Waals surface area contributed by atoms with Crippen molar-refractivity contribution in [2.24, 2.45) is 5.73 Å². The lowest BCUT2D eigenvalue weighted by atomic mass is 9.83. The number of fused-ring (bicyclic) bond motifs is 2. The van der Waals surface area contributed by atoms with Gasteiger partial charge in [-0.25, -0.2) is 0 Å². The lowest BCUT2D eigenvalue weighted by molar-refractivity contribution is 0.379. The number of H-pyrrole nitrogens is 1. The number of aryl methyl sites for hydroxylation is 1. The van der Waals surface area contributed by atoms with Crippen molar-refractivity contribution in [1.29, 1.82) is 5.26 Å². The first kappa shape index (κ1) is 19.2. The number of nitriles is 1. The molecule has 3 heterocycles. The Morgan fingerprint density at radius 3 is 2.77 bits per heavy atom. The number of aromatic amines is 1. The van der Waals surface area contributed by atoms with Gasteiger partial charge in [0.1, 0.15) is 11.6 Å². The van der Waals surface area contributed by atoms with E-state index in [4.69, 9.17) is 10.5 Å². The number of aromatic nitrogens is 3. The predicted molar refractivity (Wildman–Crippen MR) is 120 cm³/mol. The molecule has 4 aromatic rings. The maximum atomic E-state index is 9.93. The molecular formula is C24H19N5OS. The van der Waals surface area contributed by atoms with Gasteiger partial charge in [0.05, 0.1) is 22.7 Å². The number of hydrogen-bond acceptors (Lipinski definition) is 6. The molecule has 0 saturated carbocycles. The Bertz CT molecular complexity index is 1350. The lowest BCUT2D eigenvalue weighted by Gasteiger charge is -2.25. The van der Waals surface area contributed by atoms with Crippen LogP contribution in [0.1, 0.15) is 28.3 Å². The summed E-state index contributed by atoms with van der Waals surface area (Å²) in [7, 11) is 0. The average Bonchev–Trinajstić information content (AvgIpc) is 3.19. The fraction of sp³-hybridized carbons (Fsp3) is 0.125. The molecule has 1 aliphatic rings. The third kappa shape index (κ3) is 3.41. The van der Waals surface area contributed by atoms with Crippen LogP contribution in [0.2, 0.25) is 0 Å². The van der Waals surface area contributed by atoms with E-state index < -0.39 is 0 Å². The zero-order valence-electron chi connectivity index (χ0n) is 16.8. The first-order valence-electron chi connectivity index (χ1n) is 9.83. The summed E-state index contributed by atoms with van der Waals surface area (Å²) in [5.74, 6) is 0.786.